The number of rotatable bonds is 7. The molecule has 0 saturated carbocycles. The molecule has 1 atom stereocenters. The number of halogens is 5. The number of benzene rings is 2. The minimum Gasteiger partial charge on any atom is -0.496 e. The molecule has 0 amide bonds. The van der Waals surface area contributed by atoms with Gasteiger partial charge in [0, 0.05) is 17.0 Å². The molecule has 0 fully saturated rings. The van der Waals surface area contributed by atoms with Crippen LogP contribution in [0.1, 0.15) is 37.0 Å². The molecular formula is C21H22ClF4NO3. The third-order valence-corrected chi connectivity index (χ3v) is 5.27. The van der Waals surface area contributed by atoms with Gasteiger partial charge in [-0.2, -0.15) is 13.2 Å². The third kappa shape index (κ3) is 5.23. The maximum absolute atomic E-state index is 14.0. The van der Waals surface area contributed by atoms with Gasteiger partial charge in [0.05, 0.1) is 13.3 Å². The van der Waals surface area contributed by atoms with Crippen molar-refractivity contribution in [2.75, 3.05) is 7.11 Å². The lowest BCUT2D eigenvalue weighted by molar-refractivity contribution is -0.266. The first kappa shape index (κ1) is 24.0. The molecule has 9 heteroatoms. The van der Waals surface area contributed by atoms with Crippen LogP contribution in [-0.2, 0) is 11.8 Å². The van der Waals surface area contributed by atoms with Crippen LogP contribution in [0.3, 0.4) is 0 Å². The fourth-order valence-electron chi connectivity index (χ4n) is 3.47. The lowest BCUT2D eigenvalue weighted by Gasteiger charge is -2.38. The van der Waals surface area contributed by atoms with Gasteiger partial charge in [0.1, 0.15) is 11.6 Å². The molecule has 2 aromatic rings. The fraction of sp³-hybridized carbons (Fsp3) is 0.381. The van der Waals surface area contributed by atoms with Crippen LogP contribution < -0.4 is 4.74 Å². The summed E-state index contributed by atoms with van der Waals surface area (Å²) in [6.07, 6.45) is -5.49. The van der Waals surface area contributed by atoms with Gasteiger partial charge >= 0.3 is 6.18 Å². The Morgan fingerprint density at radius 2 is 1.80 bits per heavy atom. The standard InChI is InChI=1S/C21H22ClF4NO3/c1-19(2,16-9-15(23)6-7-18(16)30-3)12-20(28,21(24,25)26)10-14-5-4-13(11-27-29)8-17(14)22/h4-9,11,28-29H,10,12H2,1-3H3. The maximum Gasteiger partial charge on any atom is 0.417 e. The monoisotopic (exact) mass is 447 g/mol. The van der Waals surface area contributed by atoms with Crippen molar-refractivity contribution < 1.29 is 32.6 Å². The number of hydrogen-bond donors (Lipinski definition) is 2. The van der Waals surface area contributed by atoms with E-state index in [9.17, 15) is 22.7 Å². The molecule has 2 N–H and O–H groups in total. The number of alkyl halides is 3. The van der Waals surface area contributed by atoms with Gasteiger partial charge in [-0.25, -0.2) is 4.39 Å². The number of methoxy groups -OCH3 is 1. The zero-order chi connectivity index (χ0) is 22.7. The van der Waals surface area contributed by atoms with Gasteiger partial charge in [0.2, 0.25) is 0 Å². The van der Waals surface area contributed by atoms with E-state index in [2.05, 4.69) is 5.16 Å². The Bertz CT molecular complexity index is 931. The van der Waals surface area contributed by atoms with Crippen molar-refractivity contribution in [2.24, 2.45) is 5.16 Å². The molecule has 0 heterocycles. The van der Waals surface area contributed by atoms with Crippen molar-refractivity contribution in [3.8, 4) is 5.75 Å². The summed E-state index contributed by atoms with van der Waals surface area (Å²) >= 11 is 6.09. The highest BCUT2D eigenvalue weighted by Crippen LogP contribution is 2.45. The highest BCUT2D eigenvalue weighted by Gasteiger charge is 2.56. The first-order valence-corrected chi connectivity index (χ1v) is 9.30. The number of oxime groups is 1. The summed E-state index contributed by atoms with van der Waals surface area (Å²) in [7, 11) is 1.33. The number of aliphatic hydroxyl groups is 1. The minimum absolute atomic E-state index is 0.0174. The van der Waals surface area contributed by atoms with Gasteiger partial charge in [-0.1, -0.05) is 42.7 Å². The fourth-order valence-corrected chi connectivity index (χ4v) is 3.72. The van der Waals surface area contributed by atoms with Crippen molar-refractivity contribution in [3.63, 3.8) is 0 Å². The second-order valence-corrected chi connectivity index (χ2v) is 8.11. The highest BCUT2D eigenvalue weighted by molar-refractivity contribution is 6.31. The quantitative estimate of drug-likeness (QED) is 0.255. The van der Waals surface area contributed by atoms with Crippen molar-refractivity contribution in [3.05, 3.63) is 63.9 Å². The second-order valence-electron chi connectivity index (χ2n) is 7.71. The Balaban J connectivity index is 2.46. The molecule has 0 radical (unpaired) electrons. The van der Waals surface area contributed by atoms with Gasteiger partial charge in [0.25, 0.3) is 0 Å². The molecule has 4 nitrogen and oxygen atoms in total. The Morgan fingerprint density at radius 3 is 2.33 bits per heavy atom. The molecule has 0 aliphatic carbocycles. The second kappa shape index (κ2) is 8.81. The van der Waals surface area contributed by atoms with Gasteiger partial charge in [-0.05, 0) is 47.2 Å². The summed E-state index contributed by atoms with van der Waals surface area (Å²) in [5.74, 6) is -0.407. The van der Waals surface area contributed by atoms with Crippen LogP contribution in [0.15, 0.2) is 41.6 Å². The van der Waals surface area contributed by atoms with Crippen LogP contribution in [0.4, 0.5) is 17.6 Å². The van der Waals surface area contributed by atoms with Crippen molar-refractivity contribution >= 4 is 17.8 Å². The smallest absolute Gasteiger partial charge is 0.417 e. The van der Waals surface area contributed by atoms with E-state index in [-0.39, 0.29) is 21.9 Å². The van der Waals surface area contributed by atoms with Crippen molar-refractivity contribution in [2.45, 2.75) is 43.9 Å². The lowest BCUT2D eigenvalue weighted by Crippen LogP contribution is -2.51. The predicted molar refractivity (Wildman–Crippen MR) is 106 cm³/mol. The molecule has 0 bridgehead atoms. The Kier molecular flexibility index (Phi) is 7.04. The average Bonchev–Trinajstić information content (AvgIpc) is 2.63. The minimum atomic E-state index is -4.99. The normalized spacial score (nSPS) is 14.7. The molecule has 0 aromatic heterocycles. The largest absolute Gasteiger partial charge is 0.496 e. The maximum atomic E-state index is 14.0. The lowest BCUT2D eigenvalue weighted by atomic mass is 9.72. The molecule has 2 aromatic carbocycles. The van der Waals surface area contributed by atoms with Gasteiger partial charge in [-0.15, -0.1) is 0 Å². The van der Waals surface area contributed by atoms with E-state index in [1.165, 1.54) is 45.2 Å². The summed E-state index contributed by atoms with van der Waals surface area (Å²) in [6, 6.07) is 7.65. The van der Waals surface area contributed by atoms with E-state index in [1.807, 2.05) is 0 Å². The summed E-state index contributed by atoms with van der Waals surface area (Å²) in [5.41, 5.74) is -3.80. The van der Waals surface area contributed by atoms with Gasteiger partial charge in [0.15, 0.2) is 5.60 Å². The van der Waals surface area contributed by atoms with Crippen LogP contribution in [0.5, 0.6) is 5.75 Å². The predicted octanol–water partition coefficient (Wildman–Crippen LogP) is 5.50. The molecule has 0 aliphatic heterocycles. The number of ether oxygens (including phenoxy) is 1. The van der Waals surface area contributed by atoms with E-state index in [1.54, 1.807) is 0 Å². The topological polar surface area (TPSA) is 62.0 Å². The first-order valence-electron chi connectivity index (χ1n) is 8.92. The van der Waals surface area contributed by atoms with Crippen LogP contribution in [0.2, 0.25) is 5.02 Å². The average molecular weight is 448 g/mol. The van der Waals surface area contributed by atoms with Gasteiger partial charge < -0.3 is 15.1 Å². The van der Waals surface area contributed by atoms with Crippen LogP contribution in [0.25, 0.3) is 0 Å². The molecule has 30 heavy (non-hydrogen) atoms. The first-order chi connectivity index (χ1) is 13.8. The molecule has 1 unspecified atom stereocenters. The van der Waals surface area contributed by atoms with E-state index < -0.39 is 35.9 Å². The van der Waals surface area contributed by atoms with Crippen LogP contribution in [0, 0.1) is 5.82 Å². The summed E-state index contributed by atoms with van der Waals surface area (Å²) < 4.78 is 60.9. The zero-order valence-corrected chi connectivity index (χ0v) is 17.4. The molecule has 164 valence electrons. The molecular weight excluding hydrogens is 426 g/mol. The molecule has 0 aliphatic rings. The molecule has 2 rings (SSSR count). The SMILES string of the molecule is COc1ccc(F)cc1C(C)(C)CC(O)(Cc1ccc(C=NO)cc1Cl)C(F)(F)F. The Hall–Kier alpha value is -2.32. The van der Waals surface area contributed by atoms with Crippen molar-refractivity contribution in [1.82, 2.24) is 0 Å². The van der Waals surface area contributed by atoms with Crippen LogP contribution >= 0.6 is 11.6 Å². The summed E-state index contributed by atoms with van der Waals surface area (Å²) in [6.45, 7) is 2.95. The van der Waals surface area contributed by atoms with E-state index >= 15 is 0 Å². The van der Waals surface area contributed by atoms with E-state index in [4.69, 9.17) is 21.5 Å². The highest BCUT2D eigenvalue weighted by atomic mass is 35.5. The summed E-state index contributed by atoms with van der Waals surface area (Å²) in [5, 5.41) is 22.1. The third-order valence-electron chi connectivity index (χ3n) is 4.92. The number of hydrogen-bond acceptors (Lipinski definition) is 4. The zero-order valence-electron chi connectivity index (χ0n) is 16.6. The van der Waals surface area contributed by atoms with Crippen LogP contribution in [-0.4, -0.2) is 35.4 Å². The number of nitrogens with zero attached hydrogens (tertiary/aromatic N) is 1. The Labute approximate surface area is 176 Å². The van der Waals surface area contributed by atoms with Crippen molar-refractivity contribution in [1.29, 1.82) is 0 Å². The Morgan fingerprint density at radius 1 is 1.13 bits per heavy atom. The van der Waals surface area contributed by atoms with E-state index in [0.29, 0.717) is 5.56 Å². The van der Waals surface area contributed by atoms with E-state index in [0.717, 1.165) is 18.3 Å². The molecule has 0 saturated heterocycles. The summed E-state index contributed by atoms with van der Waals surface area (Å²) in [4.78, 5) is 0. The molecule has 0 spiro atoms. The van der Waals surface area contributed by atoms with Gasteiger partial charge in [-0.3, -0.25) is 0 Å².